The molecule has 4 N–H and O–H groups in total. The van der Waals surface area contributed by atoms with E-state index in [1.54, 1.807) is 32.0 Å². The Balaban J connectivity index is 1.71. The molecule has 0 radical (unpaired) electrons. The zero-order valence-electron chi connectivity index (χ0n) is 21.7. The third kappa shape index (κ3) is 8.28. The topological polar surface area (TPSA) is 155 Å². The molecule has 0 aromatic heterocycles. The largest absolute Gasteiger partial charge is 0.445 e. The van der Waals surface area contributed by atoms with Crippen LogP contribution >= 0.6 is 0 Å². The summed E-state index contributed by atoms with van der Waals surface area (Å²) in [6.45, 7) is 3.89. The summed E-state index contributed by atoms with van der Waals surface area (Å²) in [6, 6.07) is 17.4. The Morgan fingerprint density at radius 1 is 1.13 bits per heavy atom. The molecule has 2 amide bonds. The number of nitriles is 1. The molecule has 10 nitrogen and oxygen atoms in total. The van der Waals surface area contributed by atoms with Crippen LogP contribution < -0.4 is 16.4 Å². The number of nitrogens with two attached hydrogens (primary N) is 1. The van der Waals surface area contributed by atoms with E-state index in [2.05, 4.69) is 10.6 Å². The fourth-order valence-electron chi connectivity index (χ4n) is 4.35. The lowest BCUT2D eigenvalue weighted by Crippen LogP contribution is -2.52. The third-order valence-electron chi connectivity index (χ3n) is 6.41. The number of nitrogens with one attached hydrogen (secondary N) is 2. The van der Waals surface area contributed by atoms with Crippen LogP contribution in [0.1, 0.15) is 37.8 Å². The van der Waals surface area contributed by atoms with Crippen molar-refractivity contribution in [3.8, 4) is 6.07 Å². The predicted octanol–water partition coefficient (Wildman–Crippen LogP) is 2.97. The molecule has 1 atom stereocenters. The smallest absolute Gasteiger partial charge is 0.408 e. The van der Waals surface area contributed by atoms with E-state index < -0.39 is 33.5 Å². The SMILES string of the molecule is CC(C)(C#N)CS(=O)(=O)N1CCC([C@H](NC(=O)OCc2ccccc2)C(=O)Nc2cccc(CN)c2)CC1. The molecule has 0 unspecified atom stereocenters. The van der Waals surface area contributed by atoms with Gasteiger partial charge in [0.1, 0.15) is 12.6 Å². The highest BCUT2D eigenvalue weighted by molar-refractivity contribution is 7.89. The minimum atomic E-state index is -3.65. The molecule has 0 saturated carbocycles. The third-order valence-corrected chi connectivity index (χ3v) is 8.65. The number of sulfonamides is 1. The maximum Gasteiger partial charge on any atom is 0.408 e. The average Bonchev–Trinajstić information content (AvgIpc) is 2.90. The molecule has 0 aliphatic carbocycles. The molecule has 38 heavy (non-hydrogen) atoms. The van der Waals surface area contributed by atoms with Crippen molar-refractivity contribution in [2.75, 3.05) is 24.2 Å². The molecule has 3 rings (SSSR count). The zero-order chi connectivity index (χ0) is 27.8. The quantitative estimate of drug-likeness (QED) is 0.418. The van der Waals surface area contributed by atoms with E-state index in [0.29, 0.717) is 25.1 Å². The van der Waals surface area contributed by atoms with E-state index in [1.165, 1.54) is 4.31 Å². The number of anilines is 1. The Labute approximate surface area is 224 Å². The van der Waals surface area contributed by atoms with Crippen molar-refractivity contribution in [3.63, 3.8) is 0 Å². The van der Waals surface area contributed by atoms with Crippen LogP contribution in [-0.4, -0.2) is 49.6 Å². The first-order chi connectivity index (χ1) is 18.0. The predicted molar refractivity (Wildman–Crippen MR) is 144 cm³/mol. The molecule has 1 aliphatic heterocycles. The number of rotatable bonds is 10. The lowest BCUT2D eigenvalue weighted by molar-refractivity contribution is -0.119. The lowest BCUT2D eigenvalue weighted by Gasteiger charge is -2.35. The second-order valence-electron chi connectivity index (χ2n) is 10.1. The van der Waals surface area contributed by atoms with E-state index in [0.717, 1.165) is 11.1 Å². The first kappa shape index (κ1) is 29.1. The molecule has 1 heterocycles. The Kier molecular flexibility index (Phi) is 9.85. The van der Waals surface area contributed by atoms with Crippen molar-refractivity contribution in [1.29, 1.82) is 5.26 Å². The Hall–Kier alpha value is -3.46. The van der Waals surface area contributed by atoms with Gasteiger partial charge in [0, 0.05) is 25.3 Å². The van der Waals surface area contributed by atoms with Gasteiger partial charge in [0.05, 0.1) is 17.2 Å². The highest BCUT2D eigenvalue weighted by Gasteiger charge is 2.38. The molecule has 0 spiro atoms. The Morgan fingerprint density at radius 2 is 1.79 bits per heavy atom. The highest BCUT2D eigenvalue weighted by Crippen LogP contribution is 2.27. The summed E-state index contributed by atoms with van der Waals surface area (Å²) in [4.78, 5) is 26.0. The van der Waals surface area contributed by atoms with E-state index >= 15 is 0 Å². The van der Waals surface area contributed by atoms with Gasteiger partial charge in [0.15, 0.2) is 0 Å². The summed E-state index contributed by atoms with van der Waals surface area (Å²) in [5, 5.41) is 14.8. The van der Waals surface area contributed by atoms with E-state index in [1.807, 2.05) is 42.5 Å². The number of hydrogen-bond acceptors (Lipinski definition) is 7. The van der Waals surface area contributed by atoms with Gasteiger partial charge in [0.2, 0.25) is 15.9 Å². The maximum absolute atomic E-state index is 13.3. The minimum absolute atomic E-state index is 0.0466. The molecule has 1 aliphatic rings. The second-order valence-corrected chi connectivity index (χ2v) is 12.0. The summed E-state index contributed by atoms with van der Waals surface area (Å²) in [6.07, 6.45) is -0.0337. The number of hydrogen-bond donors (Lipinski definition) is 3. The van der Waals surface area contributed by atoms with E-state index in [9.17, 15) is 23.3 Å². The van der Waals surface area contributed by atoms with Crippen molar-refractivity contribution in [3.05, 3.63) is 65.7 Å². The van der Waals surface area contributed by atoms with E-state index in [-0.39, 0.29) is 31.4 Å². The normalized spacial score (nSPS) is 15.7. The number of carbonyl (C=O) groups excluding carboxylic acids is 2. The Morgan fingerprint density at radius 3 is 2.42 bits per heavy atom. The van der Waals surface area contributed by atoms with Crippen molar-refractivity contribution < 1.29 is 22.7 Å². The molecular weight excluding hydrogens is 506 g/mol. The van der Waals surface area contributed by atoms with Gasteiger partial charge >= 0.3 is 6.09 Å². The van der Waals surface area contributed by atoms with Gasteiger partial charge in [0.25, 0.3) is 0 Å². The lowest BCUT2D eigenvalue weighted by atomic mass is 9.89. The van der Waals surface area contributed by atoms with Crippen molar-refractivity contribution >= 4 is 27.7 Å². The van der Waals surface area contributed by atoms with Gasteiger partial charge in [-0.25, -0.2) is 17.5 Å². The van der Waals surface area contributed by atoms with Gasteiger partial charge in [-0.15, -0.1) is 0 Å². The molecule has 1 saturated heterocycles. The number of alkyl carbamates (subject to hydrolysis) is 1. The Bertz CT molecular complexity index is 1250. The molecule has 1 fully saturated rings. The molecule has 11 heteroatoms. The molecule has 0 bridgehead atoms. The number of amides is 2. The van der Waals surface area contributed by atoms with Gasteiger partial charge < -0.3 is 21.1 Å². The van der Waals surface area contributed by atoms with Crippen LogP contribution in [-0.2, 0) is 32.7 Å². The number of nitrogens with zero attached hydrogens (tertiary/aromatic N) is 2. The van der Waals surface area contributed by atoms with Crippen molar-refractivity contribution in [1.82, 2.24) is 9.62 Å². The van der Waals surface area contributed by atoms with Crippen LogP contribution in [0.5, 0.6) is 0 Å². The van der Waals surface area contributed by atoms with Crippen LogP contribution in [0.15, 0.2) is 54.6 Å². The number of ether oxygens (including phenoxy) is 1. The number of piperidine rings is 1. The van der Waals surface area contributed by atoms with Gasteiger partial charge in [-0.1, -0.05) is 42.5 Å². The van der Waals surface area contributed by atoms with Crippen LogP contribution in [0.3, 0.4) is 0 Å². The van der Waals surface area contributed by atoms with Crippen LogP contribution in [0.25, 0.3) is 0 Å². The summed E-state index contributed by atoms with van der Waals surface area (Å²) in [5.74, 6) is -1.04. The summed E-state index contributed by atoms with van der Waals surface area (Å²) >= 11 is 0. The molecule has 2 aromatic carbocycles. The highest BCUT2D eigenvalue weighted by atomic mass is 32.2. The van der Waals surface area contributed by atoms with Gasteiger partial charge in [-0.3, -0.25) is 4.79 Å². The number of carbonyl (C=O) groups is 2. The zero-order valence-corrected chi connectivity index (χ0v) is 22.5. The van der Waals surface area contributed by atoms with Crippen LogP contribution in [0.2, 0.25) is 0 Å². The van der Waals surface area contributed by atoms with E-state index in [4.69, 9.17) is 10.5 Å². The minimum Gasteiger partial charge on any atom is -0.445 e. The molecule has 2 aromatic rings. The summed E-state index contributed by atoms with van der Waals surface area (Å²) in [5.41, 5.74) is 6.89. The maximum atomic E-state index is 13.3. The van der Waals surface area contributed by atoms with Crippen molar-refractivity contribution in [2.24, 2.45) is 17.1 Å². The van der Waals surface area contributed by atoms with Crippen molar-refractivity contribution in [2.45, 2.75) is 45.9 Å². The average molecular weight is 542 g/mol. The first-order valence-electron chi connectivity index (χ1n) is 12.5. The number of benzene rings is 2. The first-order valence-corrected chi connectivity index (χ1v) is 14.1. The van der Waals surface area contributed by atoms with Gasteiger partial charge in [-0.05, 0) is 55.9 Å². The monoisotopic (exact) mass is 541 g/mol. The second kappa shape index (κ2) is 12.9. The van der Waals surface area contributed by atoms with Crippen LogP contribution in [0.4, 0.5) is 10.5 Å². The fourth-order valence-corrected chi connectivity index (χ4v) is 6.28. The summed E-state index contributed by atoms with van der Waals surface area (Å²) in [7, 11) is -3.65. The standard InChI is InChI=1S/C27H35N5O5S/c1-27(2,18-29)19-38(35,36)32-13-11-22(12-14-32)24(25(33)30-23-10-6-9-21(15-23)16-28)31-26(34)37-17-20-7-4-3-5-8-20/h3-10,15,22,24H,11-14,16-17,19,28H2,1-2H3,(H,30,33)(H,31,34)/t24-/m0/s1. The van der Waals surface area contributed by atoms with Gasteiger partial charge in [-0.2, -0.15) is 5.26 Å². The molecule has 204 valence electrons. The molecular formula is C27H35N5O5S. The summed E-state index contributed by atoms with van der Waals surface area (Å²) < 4.78 is 32.4. The fraction of sp³-hybridized carbons (Fsp3) is 0.444. The van der Waals surface area contributed by atoms with Crippen LogP contribution in [0, 0.1) is 22.7 Å².